The van der Waals surface area contributed by atoms with E-state index in [1.807, 2.05) is 0 Å². The molecule has 2 aliphatic rings. The van der Waals surface area contributed by atoms with E-state index in [1.165, 1.54) is 6.42 Å². The fraction of sp³-hybridized carbons (Fsp3) is 0.700. The van der Waals surface area contributed by atoms with E-state index < -0.39 is 4.84 Å². The second kappa shape index (κ2) is 3.74. The maximum absolute atomic E-state index is 11.5. The second-order valence-electron chi connectivity index (χ2n) is 4.10. The Kier molecular flexibility index (Phi) is 2.76. The van der Waals surface area contributed by atoms with Gasteiger partial charge in [0.05, 0.1) is 0 Å². The molecule has 2 rings (SSSR count). The number of carbonyl (C=O) groups excluding carboxylic acids is 1. The summed E-state index contributed by atoms with van der Waals surface area (Å²) >= 11 is 11.1. The molecule has 0 radical (unpaired) electrons. The number of hydrogen-bond acceptors (Lipinski definition) is 1. The van der Waals surface area contributed by atoms with Gasteiger partial charge in [-0.15, -0.1) is 0 Å². The molecule has 0 aliphatic heterocycles. The highest BCUT2D eigenvalue weighted by atomic mass is 35.5. The van der Waals surface area contributed by atoms with Gasteiger partial charge in [0, 0.05) is 13.1 Å². The zero-order valence-electron chi connectivity index (χ0n) is 7.99. The van der Waals surface area contributed by atoms with Crippen molar-refractivity contribution in [2.24, 2.45) is 11.8 Å². The molecule has 0 saturated heterocycles. The summed E-state index contributed by atoms with van der Waals surface area (Å²) in [5, 5.41) is 0. The molecule has 1 fully saturated rings. The highest BCUT2D eigenvalue weighted by Crippen LogP contribution is 2.41. The molecule has 2 bridgehead atoms. The van der Waals surface area contributed by atoms with Crippen molar-refractivity contribution in [1.82, 2.24) is 4.90 Å². The van der Waals surface area contributed by atoms with Crippen molar-refractivity contribution in [3.8, 4) is 0 Å². The zero-order valence-corrected chi connectivity index (χ0v) is 9.50. The van der Waals surface area contributed by atoms with E-state index >= 15 is 0 Å². The van der Waals surface area contributed by atoms with E-state index in [1.54, 1.807) is 11.9 Å². The van der Waals surface area contributed by atoms with Gasteiger partial charge in [-0.3, -0.25) is 4.79 Å². The molecule has 1 amide bonds. The topological polar surface area (TPSA) is 20.3 Å². The van der Waals surface area contributed by atoms with Crippen LogP contribution in [0.3, 0.4) is 0 Å². The van der Waals surface area contributed by atoms with Crippen molar-refractivity contribution < 1.29 is 4.79 Å². The average molecular weight is 234 g/mol. The lowest BCUT2D eigenvalue weighted by atomic mass is 10.0. The lowest BCUT2D eigenvalue weighted by Crippen LogP contribution is -2.42. The van der Waals surface area contributed by atoms with Crippen molar-refractivity contribution >= 4 is 29.1 Å². The van der Waals surface area contributed by atoms with Gasteiger partial charge in [-0.1, -0.05) is 35.4 Å². The normalized spacial score (nSPS) is 34.1. The van der Waals surface area contributed by atoms with Crippen molar-refractivity contribution in [3.63, 3.8) is 0 Å². The summed E-state index contributed by atoms with van der Waals surface area (Å²) in [6.07, 6.45) is 6.69. The minimum absolute atomic E-state index is 0.181. The number of rotatable bonds is 2. The number of nitrogens with zero attached hydrogens (tertiary/aromatic N) is 1. The number of carbonyl (C=O) groups is 1. The molecule has 0 aromatic heterocycles. The maximum Gasteiger partial charge on any atom is 0.255 e. The number of fused-ring (bicyclic) bond motifs is 2. The van der Waals surface area contributed by atoms with Gasteiger partial charge in [-0.25, -0.2) is 0 Å². The van der Waals surface area contributed by atoms with Gasteiger partial charge in [-0.2, -0.15) is 0 Å². The highest BCUT2D eigenvalue weighted by molar-refractivity contribution is 6.53. The Morgan fingerprint density at radius 2 is 2.14 bits per heavy atom. The average Bonchev–Trinajstić information content (AvgIpc) is 2.76. The van der Waals surface area contributed by atoms with Crippen molar-refractivity contribution in [3.05, 3.63) is 12.2 Å². The third-order valence-electron chi connectivity index (χ3n) is 3.28. The Bertz CT molecular complexity index is 277. The van der Waals surface area contributed by atoms with Crippen LogP contribution in [0.15, 0.2) is 12.2 Å². The lowest BCUT2D eigenvalue weighted by Gasteiger charge is -2.29. The van der Waals surface area contributed by atoms with Crippen molar-refractivity contribution in [2.45, 2.75) is 23.7 Å². The first-order chi connectivity index (χ1) is 6.59. The molecule has 0 spiro atoms. The Hall–Kier alpha value is -0.210. The quantitative estimate of drug-likeness (QED) is 0.530. The Morgan fingerprint density at radius 1 is 1.43 bits per heavy atom. The molecule has 3 atom stereocenters. The SMILES string of the molecule is CN(C(=O)C(Cl)Cl)[C@@H]1C[C@@H]2C=C[C@H]1C2. The van der Waals surface area contributed by atoms with Crippen LogP contribution in [0.25, 0.3) is 0 Å². The summed E-state index contributed by atoms with van der Waals surface area (Å²) in [5.41, 5.74) is 0. The first-order valence-electron chi connectivity index (χ1n) is 4.82. The Balaban J connectivity index is 2.03. The van der Waals surface area contributed by atoms with Crippen molar-refractivity contribution in [1.29, 1.82) is 0 Å². The van der Waals surface area contributed by atoms with E-state index in [-0.39, 0.29) is 5.91 Å². The minimum atomic E-state index is -0.928. The van der Waals surface area contributed by atoms with Crippen LogP contribution in [0.2, 0.25) is 0 Å². The summed E-state index contributed by atoms with van der Waals surface area (Å²) in [6.45, 7) is 0. The molecule has 1 saturated carbocycles. The van der Waals surface area contributed by atoms with Gasteiger partial charge < -0.3 is 4.90 Å². The van der Waals surface area contributed by atoms with E-state index in [4.69, 9.17) is 23.2 Å². The smallest absolute Gasteiger partial charge is 0.255 e. The number of allylic oxidation sites excluding steroid dienone is 1. The standard InChI is InChI=1S/C10H13Cl2NO/c1-13(10(14)9(11)12)8-5-6-2-3-7(8)4-6/h2-3,6-9H,4-5H2,1H3/t6-,7+,8-/m1/s1. The number of halogens is 2. The van der Waals surface area contributed by atoms with Gasteiger partial charge >= 0.3 is 0 Å². The molecule has 0 unspecified atom stereocenters. The van der Waals surface area contributed by atoms with Crippen LogP contribution in [-0.4, -0.2) is 28.7 Å². The number of amides is 1. The predicted molar refractivity (Wildman–Crippen MR) is 57.4 cm³/mol. The van der Waals surface area contributed by atoms with Crippen LogP contribution in [0.1, 0.15) is 12.8 Å². The minimum Gasteiger partial charge on any atom is -0.340 e. The zero-order chi connectivity index (χ0) is 10.3. The first kappa shape index (κ1) is 10.3. The Labute approximate surface area is 93.9 Å². The maximum atomic E-state index is 11.5. The molecule has 2 nitrogen and oxygen atoms in total. The van der Waals surface area contributed by atoms with Crippen LogP contribution < -0.4 is 0 Å². The van der Waals surface area contributed by atoms with Crippen LogP contribution in [0.4, 0.5) is 0 Å². The summed E-state index contributed by atoms with van der Waals surface area (Å²) in [4.78, 5) is 12.3. The second-order valence-corrected chi connectivity index (χ2v) is 5.19. The summed E-state index contributed by atoms with van der Waals surface area (Å²) in [6, 6.07) is 0.303. The third kappa shape index (κ3) is 1.66. The largest absolute Gasteiger partial charge is 0.340 e. The monoisotopic (exact) mass is 233 g/mol. The van der Waals surface area contributed by atoms with Gasteiger partial charge in [-0.05, 0) is 24.7 Å². The highest BCUT2D eigenvalue weighted by Gasteiger charge is 2.40. The summed E-state index contributed by atoms with van der Waals surface area (Å²) in [5.74, 6) is 0.990. The molecule has 0 aromatic rings. The molecule has 14 heavy (non-hydrogen) atoms. The van der Waals surface area contributed by atoms with Gasteiger partial charge in [0.15, 0.2) is 4.84 Å². The van der Waals surface area contributed by atoms with Gasteiger partial charge in [0.2, 0.25) is 0 Å². The van der Waals surface area contributed by atoms with Crippen LogP contribution in [-0.2, 0) is 4.79 Å². The first-order valence-corrected chi connectivity index (χ1v) is 5.70. The molecule has 78 valence electrons. The van der Waals surface area contributed by atoms with Crippen LogP contribution in [0.5, 0.6) is 0 Å². The molecular formula is C10H13Cl2NO. The van der Waals surface area contributed by atoms with E-state index in [0.29, 0.717) is 17.9 Å². The van der Waals surface area contributed by atoms with Gasteiger partial charge in [0.1, 0.15) is 0 Å². The number of alkyl halides is 2. The summed E-state index contributed by atoms with van der Waals surface area (Å²) in [7, 11) is 1.79. The molecule has 2 aliphatic carbocycles. The van der Waals surface area contributed by atoms with Gasteiger partial charge in [0.25, 0.3) is 5.91 Å². The molecule has 0 aromatic carbocycles. The fourth-order valence-corrected chi connectivity index (χ4v) is 2.82. The Morgan fingerprint density at radius 3 is 2.57 bits per heavy atom. The van der Waals surface area contributed by atoms with Crippen LogP contribution >= 0.6 is 23.2 Å². The van der Waals surface area contributed by atoms with E-state index in [2.05, 4.69) is 12.2 Å². The van der Waals surface area contributed by atoms with Crippen LogP contribution in [0, 0.1) is 11.8 Å². The van der Waals surface area contributed by atoms with E-state index in [0.717, 1.165) is 6.42 Å². The summed E-state index contributed by atoms with van der Waals surface area (Å²) < 4.78 is 0. The predicted octanol–water partition coefficient (Wildman–Crippen LogP) is 2.21. The lowest BCUT2D eigenvalue weighted by molar-refractivity contribution is -0.130. The van der Waals surface area contributed by atoms with E-state index in [9.17, 15) is 4.79 Å². The van der Waals surface area contributed by atoms with Crippen molar-refractivity contribution in [2.75, 3.05) is 7.05 Å². The molecule has 0 N–H and O–H groups in total. The molecule has 0 heterocycles. The fourth-order valence-electron chi connectivity index (χ4n) is 2.51. The number of hydrogen-bond donors (Lipinski definition) is 0. The third-order valence-corrected chi connectivity index (χ3v) is 3.65. The molecule has 4 heteroatoms. The molecular weight excluding hydrogens is 221 g/mol.